The number of halogens is 1. The summed E-state index contributed by atoms with van der Waals surface area (Å²) in [5, 5.41) is 10.2. The summed E-state index contributed by atoms with van der Waals surface area (Å²) in [5.74, 6) is 0.339. The van der Waals surface area contributed by atoms with Crippen molar-refractivity contribution in [3.63, 3.8) is 0 Å². The molecule has 1 N–H and O–H groups in total. The summed E-state index contributed by atoms with van der Waals surface area (Å²) in [6.07, 6.45) is -1.06. The zero-order valence-electron chi connectivity index (χ0n) is 15.5. The van der Waals surface area contributed by atoms with E-state index in [1.807, 2.05) is 0 Å². The van der Waals surface area contributed by atoms with Crippen molar-refractivity contribution in [2.24, 2.45) is 0 Å². The first-order chi connectivity index (χ1) is 13.4. The van der Waals surface area contributed by atoms with Gasteiger partial charge in [-0.1, -0.05) is 0 Å². The van der Waals surface area contributed by atoms with Gasteiger partial charge in [-0.2, -0.15) is 0 Å². The molecule has 1 heterocycles. The van der Waals surface area contributed by atoms with Crippen molar-refractivity contribution in [1.82, 2.24) is 4.90 Å². The third kappa shape index (κ3) is 4.07. The molecular weight excluding hydrogens is 367 g/mol. The van der Waals surface area contributed by atoms with Crippen LogP contribution in [0.2, 0.25) is 0 Å². The number of nitrogens with zero attached hydrogens (tertiary/aromatic N) is 2. The van der Waals surface area contributed by atoms with Crippen LogP contribution in [0, 0.1) is 5.82 Å². The number of carbonyl (C=O) groups excluding carboxylic acids is 2. The van der Waals surface area contributed by atoms with Gasteiger partial charge >= 0.3 is 6.03 Å². The Balaban J connectivity index is 1.61. The van der Waals surface area contributed by atoms with Gasteiger partial charge in [0.05, 0.1) is 13.7 Å². The highest BCUT2D eigenvalue weighted by Crippen LogP contribution is 2.26. The second kappa shape index (κ2) is 8.26. The van der Waals surface area contributed by atoms with Crippen LogP contribution in [-0.4, -0.2) is 54.4 Å². The molecule has 1 aliphatic rings. The summed E-state index contributed by atoms with van der Waals surface area (Å²) >= 11 is 0. The number of aliphatic hydroxyl groups excluding tert-OH is 1. The number of β-amino-alcohol motifs (C(OH)–C–C–N with tert-alkyl or cyclic N) is 1. The lowest BCUT2D eigenvalue weighted by Gasteiger charge is -2.20. The summed E-state index contributed by atoms with van der Waals surface area (Å²) in [6, 6.07) is 10.8. The van der Waals surface area contributed by atoms with E-state index in [0.29, 0.717) is 17.2 Å². The molecule has 0 bridgehead atoms. The quantitative estimate of drug-likeness (QED) is 0.737. The zero-order chi connectivity index (χ0) is 20.3. The Morgan fingerprint density at radius 3 is 2.29 bits per heavy atom. The molecule has 8 heteroatoms. The van der Waals surface area contributed by atoms with Crippen LogP contribution in [0.3, 0.4) is 0 Å². The van der Waals surface area contributed by atoms with E-state index in [1.54, 1.807) is 38.3 Å². The van der Waals surface area contributed by atoms with Crippen LogP contribution in [0.1, 0.15) is 6.92 Å². The molecule has 1 saturated heterocycles. The molecule has 0 spiro atoms. The highest BCUT2D eigenvalue weighted by atomic mass is 19.1. The molecule has 148 valence electrons. The smallest absolute Gasteiger partial charge is 0.332 e. The fraction of sp³-hybridized carbons (Fsp3) is 0.300. The number of carbonyl (C=O) groups is 2. The van der Waals surface area contributed by atoms with Crippen molar-refractivity contribution in [3.05, 3.63) is 54.3 Å². The highest BCUT2D eigenvalue weighted by molar-refractivity contribution is 6.14. The first-order valence-electron chi connectivity index (χ1n) is 8.75. The van der Waals surface area contributed by atoms with Gasteiger partial charge in [-0.15, -0.1) is 0 Å². The minimum Gasteiger partial charge on any atom is -0.497 e. The standard InChI is InChI=1S/C20H21FN2O5/c1-13-19(25)22(20(26)23(13)15-5-3-14(21)4-6-15)11-16(24)12-28-18-9-7-17(27-2)8-10-18/h3-10,13,16,24H,11-12H2,1-2H3/t13-,16+/m0/s1. The van der Waals surface area contributed by atoms with E-state index in [4.69, 9.17) is 9.47 Å². The summed E-state index contributed by atoms with van der Waals surface area (Å²) in [6.45, 7) is 1.30. The predicted molar refractivity (Wildman–Crippen MR) is 99.9 cm³/mol. The lowest BCUT2D eigenvalue weighted by atomic mass is 10.2. The van der Waals surface area contributed by atoms with Gasteiger partial charge in [-0.3, -0.25) is 14.6 Å². The summed E-state index contributed by atoms with van der Waals surface area (Å²) in [4.78, 5) is 27.4. The Hall–Kier alpha value is -3.13. The Morgan fingerprint density at radius 1 is 1.07 bits per heavy atom. The molecule has 2 aromatic carbocycles. The topological polar surface area (TPSA) is 79.3 Å². The molecule has 2 atom stereocenters. The van der Waals surface area contributed by atoms with Crippen LogP contribution in [0.25, 0.3) is 0 Å². The average Bonchev–Trinajstić information content (AvgIpc) is 2.91. The first-order valence-corrected chi connectivity index (χ1v) is 8.75. The van der Waals surface area contributed by atoms with E-state index in [9.17, 15) is 19.1 Å². The highest BCUT2D eigenvalue weighted by Gasteiger charge is 2.43. The molecule has 0 unspecified atom stereocenters. The molecule has 0 aliphatic carbocycles. The molecule has 28 heavy (non-hydrogen) atoms. The van der Waals surface area contributed by atoms with E-state index < -0.39 is 29.9 Å². The fourth-order valence-corrected chi connectivity index (χ4v) is 2.96. The van der Waals surface area contributed by atoms with Crippen molar-refractivity contribution in [2.45, 2.75) is 19.1 Å². The minimum absolute atomic E-state index is 0.0890. The number of rotatable bonds is 7. The maximum Gasteiger partial charge on any atom is 0.332 e. The molecular formula is C20H21FN2O5. The lowest BCUT2D eigenvalue weighted by Crippen LogP contribution is -2.40. The van der Waals surface area contributed by atoms with Crippen molar-refractivity contribution in [1.29, 1.82) is 0 Å². The Kier molecular flexibility index (Phi) is 5.79. The Morgan fingerprint density at radius 2 is 1.68 bits per heavy atom. The van der Waals surface area contributed by atoms with Gasteiger partial charge in [-0.25, -0.2) is 9.18 Å². The van der Waals surface area contributed by atoms with E-state index in [2.05, 4.69) is 0 Å². The van der Waals surface area contributed by atoms with Gasteiger partial charge < -0.3 is 14.6 Å². The second-order valence-corrected chi connectivity index (χ2v) is 6.39. The molecule has 0 aromatic heterocycles. The third-order valence-electron chi connectivity index (χ3n) is 4.45. The molecule has 3 rings (SSSR count). The van der Waals surface area contributed by atoms with Gasteiger partial charge in [0.1, 0.15) is 36.1 Å². The predicted octanol–water partition coefficient (Wildman–Crippen LogP) is 2.43. The van der Waals surface area contributed by atoms with E-state index in [1.165, 1.54) is 29.2 Å². The molecule has 2 aromatic rings. The monoisotopic (exact) mass is 388 g/mol. The van der Waals surface area contributed by atoms with Gasteiger partial charge in [0.25, 0.3) is 5.91 Å². The number of hydrogen-bond donors (Lipinski definition) is 1. The van der Waals surface area contributed by atoms with Gasteiger partial charge in [0, 0.05) is 5.69 Å². The minimum atomic E-state index is -1.06. The lowest BCUT2D eigenvalue weighted by molar-refractivity contribution is -0.128. The van der Waals surface area contributed by atoms with E-state index in [-0.39, 0.29) is 13.2 Å². The molecule has 3 amide bonds. The Bertz CT molecular complexity index is 841. The fourth-order valence-electron chi connectivity index (χ4n) is 2.96. The van der Waals surface area contributed by atoms with Crippen molar-refractivity contribution in [2.75, 3.05) is 25.2 Å². The van der Waals surface area contributed by atoms with E-state index in [0.717, 1.165) is 4.90 Å². The van der Waals surface area contributed by atoms with Gasteiger partial charge in [-0.05, 0) is 55.5 Å². The Labute approximate surface area is 161 Å². The zero-order valence-corrected chi connectivity index (χ0v) is 15.5. The number of urea groups is 1. The van der Waals surface area contributed by atoms with Gasteiger partial charge in [0.2, 0.25) is 0 Å². The van der Waals surface area contributed by atoms with Crippen molar-refractivity contribution < 1.29 is 28.6 Å². The number of ether oxygens (including phenoxy) is 2. The number of imide groups is 1. The molecule has 0 radical (unpaired) electrons. The SMILES string of the molecule is COc1ccc(OC[C@H](O)CN2C(=O)[C@H](C)N(c3ccc(F)cc3)C2=O)cc1. The second-order valence-electron chi connectivity index (χ2n) is 6.39. The number of hydrogen-bond acceptors (Lipinski definition) is 5. The number of benzene rings is 2. The first kappa shape index (κ1) is 19.6. The number of methoxy groups -OCH3 is 1. The summed E-state index contributed by atoms with van der Waals surface area (Å²) < 4.78 is 23.7. The van der Waals surface area contributed by atoms with Gasteiger partial charge in [0.15, 0.2) is 0 Å². The summed E-state index contributed by atoms with van der Waals surface area (Å²) in [7, 11) is 1.56. The molecule has 7 nitrogen and oxygen atoms in total. The summed E-state index contributed by atoms with van der Waals surface area (Å²) in [5.41, 5.74) is 0.415. The maximum absolute atomic E-state index is 13.1. The maximum atomic E-state index is 13.1. The normalized spacial score (nSPS) is 17.8. The van der Waals surface area contributed by atoms with Crippen LogP contribution < -0.4 is 14.4 Å². The van der Waals surface area contributed by atoms with Crippen LogP contribution >= 0.6 is 0 Å². The van der Waals surface area contributed by atoms with Crippen LogP contribution in [0.15, 0.2) is 48.5 Å². The van der Waals surface area contributed by atoms with Crippen molar-refractivity contribution in [3.8, 4) is 11.5 Å². The third-order valence-corrected chi connectivity index (χ3v) is 4.45. The number of anilines is 1. The number of aliphatic hydroxyl groups is 1. The molecule has 1 fully saturated rings. The van der Waals surface area contributed by atoms with Crippen LogP contribution in [0.4, 0.5) is 14.9 Å². The van der Waals surface area contributed by atoms with Crippen LogP contribution in [-0.2, 0) is 4.79 Å². The average molecular weight is 388 g/mol. The largest absolute Gasteiger partial charge is 0.497 e. The van der Waals surface area contributed by atoms with Crippen molar-refractivity contribution >= 4 is 17.6 Å². The molecule has 1 aliphatic heterocycles. The molecule has 0 saturated carbocycles. The number of amides is 3. The van der Waals surface area contributed by atoms with E-state index >= 15 is 0 Å². The van der Waals surface area contributed by atoms with Crippen LogP contribution in [0.5, 0.6) is 11.5 Å².